The lowest BCUT2D eigenvalue weighted by Gasteiger charge is -2.26. The predicted molar refractivity (Wildman–Crippen MR) is 59.2 cm³/mol. The molecule has 5 nitrogen and oxygen atoms in total. The van der Waals surface area contributed by atoms with E-state index in [0.29, 0.717) is 13.2 Å². The summed E-state index contributed by atoms with van der Waals surface area (Å²) in [6.07, 6.45) is 7.73. The molecule has 0 saturated carbocycles. The third kappa shape index (κ3) is 2.30. The van der Waals surface area contributed by atoms with Gasteiger partial charge in [-0.05, 0) is 12.0 Å². The number of aromatic nitrogens is 2. The fourth-order valence-corrected chi connectivity index (χ4v) is 1.74. The molecule has 1 aromatic heterocycles. The summed E-state index contributed by atoms with van der Waals surface area (Å²) in [4.78, 5) is 17.6. The van der Waals surface area contributed by atoms with E-state index in [0.717, 1.165) is 13.0 Å². The molecule has 16 heavy (non-hydrogen) atoms. The molecule has 86 valence electrons. The lowest BCUT2D eigenvalue weighted by Crippen LogP contribution is -2.37. The number of imidazole rings is 1. The third-order valence-corrected chi connectivity index (χ3v) is 2.63. The molecule has 2 heterocycles. The summed E-state index contributed by atoms with van der Waals surface area (Å²) in [6, 6.07) is -0.0229. The van der Waals surface area contributed by atoms with Crippen molar-refractivity contribution in [2.75, 3.05) is 26.8 Å². The van der Waals surface area contributed by atoms with E-state index in [2.05, 4.69) is 11.1 Å². The van der Waals surface area contributed by atoms with Crippen LogP contribution in [-0.2, 0) is 4.74 Å². The SMILES string of the molecule is COCC1=CCN(C(=O)n2ccnc2)CC1. The molecule has 1 aliphatic rings. The third-order valence-electron chi connectivity index (χ3n) is 2.63. The van der Waals surface area contributed by atoms with E-state index in [9.17, 15) is 4.79 Å². The van der Waals surface area contributed by atoms with Gasteiger partial charge in [0.25, 0.3) is 0 Å². The van der Waals surface area contributed by atoms with Gasteiger partial charge in [-0.1, -0.05) is 6.08 Å². The van der Waals surface area contributed by atoms with Crippen LogP contribution in [0.4, 0.5) is 4.79 Å². The molecule has 0 unspecified atom stereocenters. The number of nitrogens with zero attached hydrogens (tertiary/aromatic N) is 3. The summed E-state index contributed by atoms with van der Waals surface area (Å²) in [5, 5.41) is 0. The Bertz CT molecular complexity index is 384. The zero-order chi connectivity index (χ0) is 11.4. The minimum absolute atomic E-state index is 0.0229. The standard InChI is InChI=1S/C11H15N3O2/c1-16-8-10-2-5-13(6-3-10)11(15)14-7-4-12-9-14/h2,4,7,9H,3,5-6,8H2,1H3. The van der Waals surface area contributed by atoms with E-state index in [1.807, 2.05) is 0 Å². The molecule has 0 bridgehead atoms. The van der Waals surface area contributed by atoms with Gasteiger partial charge in [0.05, 0.1) is 6.61 Å². The largest absolute Gasteiger partial charge is 0.380 e. The Hall–Kier alpha value is -1.62. The zero-order valence-corrected chi connectivity index (χ0v) is 9.30. The van der Waals surface area contributed by atoms with Crippen molar-refractivity contribution in [1.29, 1.82) is 0 Å². The minimum Gasteiger partial charge on any atom is -0.380 e. The molecule has 0 spiro atoms. The Kier molecular flexibility index (Phi) is 3.36. The first-order chi connectivity index (χ1) is 7.81. The van der Waals surface area contributed by atoms with Crippen molar-refractivity contribution in [3.63, 3.8) is 0 Å². The number of rotatable bonds is 2. The van der Waals surface area contributed by atoms with Gasteiger partial charge >= 0.3 is 6.03 Å². The van der Waals surface area contributed by atoms with Crippen LogP contribution in [0.5, 0.6) is 0 Å². The number of amides is 1. The van der Waals surface area contributed by atoms with Gasteiger partial charge in [0, 0.05) is 32.6 Å². The van der Waals surface area contributed by atoms with Crippen molar-refractivity contribution in [2.24, 2.45) is 0 Å². The summed E-state index contributed by atoms with van der Waals surface area (Å²) in [5.41, 5.74) is 1.26. The van der Waals surface area contributed by atoms with Crippen LogP contribution in [0.2, 0.25) is 0 Å². The second kappa shape index (κ2) is 4.94. The Balaban J connectivity index is 1.97. The zero-order valence-electron chi connectivity index (χ0n) is 9.30. The van der Waals surface area contributed by atoms with Gasteiger partial charge in [-0.15, -0.1) is 0 Å². The van der Waals surface area contributed by atoms with Gasteiger partial charge in [0.1, 0.15) is 6.33 Å². The maximum atomic E-state index is 11.9. The Morgan fingerprint density at radius 3 is 3.06 bits per heavy atom. The molecular formula is C11H15N3O2. The molecule has 1 aromatic rings. The summed E-state index contributed by atoms with van der Waals surface area (Å²) < 4.78 is 6.56. The average molecular weight is 221 g/mol. The Morgan fingerprint density at radius 1 is 1.62 bits per heavy atom. The van der Waals surface area contributed by atoms with Crippen molar-refractivity contribution in [1.82, 2.24) is 14.5 Å². The molecule has 2 rings (SSSR count). The monoisotopic (exact) mass is 221 g/mol. The van der Waals surface area contributed by atoms with E-state index < -0.39 is 0 Å². The second-order valence-corrected chi connectivity index (χ2v) is 3.74. The van der Waals surface area contributed by atoms with Gasteiger partial charge in [-0.2, -0.15) is 0 Å². The molecule has 5 heteroatoms. The lowest BCUT2D eigenvalue weighted by atomic mass is 10.1. The number of carbonyl (C=O) groups is 1. The Labute approximate surface area is 94.3 Å². The highest BCUT2D eigenvalue weighted by Crippen LogP contribution is 2.11. The summed E-state index contributed by atoms with van der Waals surface area (Å²) in [7, 11) is 1.68. The molecule has 0 saturated heterocycles. The first kappa shape index (κ1) is 10.9. The number of hydrogen-bond acceptors (Lipinski definition) is 3. The van der Waals surface area contributed by atoms with Crippen LogP contribution >= 0.6 is 0 Å². The van der Waals surface area contributed by atoms with E-state index in [1.54, 1.807) is 24.4 Å². The molecule has 0 atom stereocenters. The van der Waals surface area contributed by atoms with Crippen molar-refractivity contribution in [3.05, 3.63) is 30.4 Å². The first-order valence-electron chi connectivity index (χ1n) is 5.25. The van der Waals surface area contributed by atoms with Crippen LogP contribution in [-0.4, -0.2) is 47.3 Å². The molecule has 1 amide bonds. The van der Waals surface area contributed by atoms with E-state index in [4.69, 9.17) is 4.74 Å². The smallest absolute Gasteiger partial charge is 0.329 e. The van der Waals surface area contributed by atoms with E-state index >= 15 is 0 Å². The van der Waals surface area contributed by atoms with Crippen molar-refractivity contribution < 1.29 is 9.53 Å². The highest BCUT2D eigenvalue weighted by Gasteiger charge is 2.17. The normalized spacial score (nSPS) is 16.1. The van der Waals surface area contributed by atoms with Crippen LogP contribution < -0.4 is 0 Å². The second-order valence-electron chi connectivity index (χ2n) is 3.74. The lowest BCUT2D eigenvalue weighted by molar-refractivity contribution is 0.195. The molecule has 0 radical (unpaired) electrons. The molecule has 0 aromatic carbocycles. The van der Waals surface area contributed by atoms with Crippen LogP contribution in [0.25, 0.3) is 0 Å². The van der Waals surface area contributed by atoms with Crippen LogP contribution in [0.15, 0.2) is 30.4 Å². The highest BCUT2D eigenvalue weighted by atomic mass is 16.5. The van der Waals surface area contributed by atoms with Crippen molar-refractivity contribution in [2.45, 2.75) is 6.42 Å². The van der Waals surface area contributed by atoms with Crippen LogP contribution in [0.1, 0.15) is 6.42 Å². The van der Waals surface area contributed by atoms with E-state index in [1.165, 1.54) is 16.5 Å². The fraction of sp³-hybridized carbons (Fsp3) is 0.455. The molecule has 1 aliphatic heterocycles. The number of methoxy groups -OCH3 is 1. The summed E-state index contributed by atoms with van der Waals surface area (Å²) >= 11 is 0. The average Bonchev–Trinajstić information content (AvgIpc) is 2.83. The number of ether oxygens (including phenoxy) is 1. The number of hydrogen-bond donors (Lipinski definition) is 0. The minimum atomic E-state index is -0.0229. The quantitative estimate of drug-likeness (QED) is 0.703. The van der Waals surface area contributed by atoms with Gasteiger partial charge in [0.2, 0.25) is 0 Å². The van der Waals surface area contributed by atoms with E-state index in [-0.39, 0.29) is 6.03 Å². The predicted octanol–water partition coefficient (Wildman–Crippen LogP) is 1.13. The first-order valence-corrected chi connectivity index (χ1v) is 5.25. The summed E-state index contributed by atoms with van der Waals surface area (Å²) in [5.74, 6) is 0. The van der Waals surface area contributed by atoms with Gasteiger partial charge in [-0.25, -0.2) is 9.78 Å². The topological polar surface area (TPSA) is 47.4 Å². The maximum Gasteiger partial charge on any atom is 0.329 e. The molecule has 0 fully saturated rings. The van der Waals surface area contributed by atoms with Gasteiger partial charge in [-0.3, -0.25) is 4.57 Å². The molecule has 0 N–H and O–H groups in total. The van der Waals surface area contributed by atoms with Crippen LogP contribution in [0, 0.1) is 0 Å². The van der Waals surface area contributed by atoms with Crippen molar-refractivity contribution >= 4 is 6.03 Å². The van der Waals surface area contributed by atoms with Crippen molar-refractivity contribution in [3.8, 4) is 0 Å². The molecule has 0 aliphatic carbocycles. The molecular weight excluding hydrogens is 206 g/mol. The highest BCUT2D eigenvalue weighted by molar-refractivity contribution is 5.77. The summed E-state index contributed by atoms with van der Waals surface area (Å²) in [6.45, 7) is 2.05. The van der Waals surface area contributed by atoms with Gasteiger partial charge < -0.3 is 9.64 Å². The van der Waals surface area contributed by atoms with Crippen LogP contribution in [0.3, 0.4) is 0 Å². The Morgan fingerprint density at radius 2 is 2.50 bits per heavy atom. The fourth-order valence-electron chi connectivity index (χ4n) is 1.74. The van der Waals surface area contributed by atoms with Gasteiger partial charge in [0.15, 0.2) is 0 Å². The number of carbonyl (C=O) groups excluding carboxylic acids is 1. The maximum absolute atomic E-state index is 11.9.